The molecular weight excluding hydrogens is 248 g/mol. The minimum absolute atomic E-state index is 0.0526. The Morgan fingerprint density at radius 3 is 2.50 bits per heavy atom. The average molecular weight is 259 g/mol. The SMILES string of the molecule is CC(C)(C(=O)O)c1cccc(O)c1Br. The number of aromatic hydroxyl groups is 1. The van der Waals surface area contributed by atoms with E-state index in [2.05, 4.69) is 15.9 Å². The molecule has 0 atom stereocenters. The highest BCUT2D eigenvalue weighted by Gasteiger charge is 2.31. The minimum atomic E-state index is -1.02. The quantitative estimate of drug-likeness (QED) is 0.857. The Balaban J connectivity index is 3.33. The van der Waals surface area contributed by atoms with Crippen LogP contribution in [0.1, 0.15) is 19.4 Å². The number of halogens is 1. The monoisotopic (exact) mass is 258 g/mol. The van der Waals surface area contributed by atoms with E-state index in [9.17, 15) is 9.90 Å². The molecule has 14 heavy (non-hydrogen) atoms. The predicted molar refractivity (Wildman–Crippen MR) is 56.5 cm³/mol. The Hall–Kier alpha value is -1.03. The first kappa shape index (κ1) is 11.0. The Morgan fingerprint density at radius 2 is 2.00 bits per heavy atom. The van der Waals surface area contributed by atoms with Crippen LogP contribution in [-0.2, 0) is 10.2 Å². The first-order chi connectivity index (χ1) is 6.37. The lowest BCUT2D eigenvalue weighted by atomic mass is 9.85. The van der Waals surface area contributed by atoms with Crippen LogP contribution >= 0.6 is 15.9 Å². The van der Waals surface area contributed by atoms with Crippen LogP contribution in [0.3, 0.4) is 0 Å². The van der Waals surface area contributed by atoms with Crippen molar-refractivity contribution in [1.29, 1.82) is 0 Å². The number of carboxylic acids is 1. The molecular formula is C10H11BrO3. The van der Waals surface area contributed by atoms with E-state index in [1.165, 1.54) is 6.07 Å². The van der Waals surface area contributed by atoms with Gasteiger partial charge in [0.2, 0.25) is 0 Å². The van der Waals surface area contributed by atoms with Crippen LogP contribution in [0.25, 0.3) is 0 Å². The maximum absolute atomic E-state index is 11.0. The van der Waals surface area contributed by atoms with Gasteiger partial charge in [0.05, 0.1) is 9.89 Å². The molecule has 0 radical (unpaired) electrons. The highest BCUT2D eigenvalue weighted by molar-refractivity contribution is 9.10. The van der Waals surface area contributed by atoms with Gasteiger partial charge >= 0.3 is 5.97 Å². The van der Waals surface area contributed by atoms with Crippen molar-refractivity contribution in [2.75, 3.05) is 0 Å². The van der Waals surface area contributed by atoms with Crippen molar-refractivity contribution < 1.29 is 15.0 Å². The van der Waals surface area contributed by atoms with Gasteiger partial charge < -0.3 is 10.2 Å². The van der Waals surface area contributed by atoms with Crippen molar-refractivity contribution in [2.45, 2.75) is 19.3 Å². The molecule has 76 valence electrons. The molecule has 0 aliphatic carbocycles. The topological polar surface area (TPSA) is 57.5 Å². The lowest BCUT2D eigenvalue weighted by molar-refractivity contribution is -0.142. The van der Waals surface area contributed by atoms with Crippen LogP contribution in [0.2, 0.25) is 0 Å². The van der Waals surface area contributed by atoms with Crippen LogP contribution in [0.4, 0.5) is 0 Å². The van der Waals surface area contributed by atoms with Gasteiger partial charge in [-0.3, -0.25) is 4.79 Å². The van der Waals surface area contributed by atoms with Crippen LogP contribution in [0, 0.1) is 0 Å². The van der Waals surface area contributed by atoms with Crippen LogP contribution in [-0.4, -0.2) is 16.2 Å². The first-order valence-corrected chi connectivity index (χ1v) is 4.88. The summed E-state index contributed by atoms with van der Waals surface area (Å²) in [5.74, 6) is -0.874. The van der Waals surface area contributed by atoms with E-state index in [0.29, 0.717) is 10.0 Å². The van der Waals surface area contributed by atoms with Crippen molar-refractivity contribution in [3.05, 3.63) is 28.2 Å². The molecule has 0 fully saturated rings. The lowest BCUT2D eigenvalue weighted by Crippen LogP contribution is -2.28. The fourth-order valence-electron chi connectivity index (χ4n) is 1.12. The smallest absolute Gasteiger partial charge is 0.313 e. The maximum atomic E-state index is 11.0. The zero-order chi connectivity index (χ0) is 10.9. The largest absolute Gasteiger partial charge is 0.507 e. The van der Waals surface area contributed by atoms with E-state index in [1.54, 1.807) is 26.0 Å². The average Bonchev–Trinajstić information content (AvgIpc) is 2.09. The lowest BCUT2D eigenvalue weighted by Gasteiger charge is -2.21. The van der Waals surface area contributed by atoms with Gasteiger partial charge in [0.1, 0.15) is 5.75 Å². The Labute approximate surface area is 90.5 Å². The summed E-state index contributed by atoms with van der Waals surface area (Å²) in [6, 6.07) is 4.81. The van der Waals surface area contributed by atoms with Crippen molar-refractivity contribution in [3.63, 3.8) is 0 Å². The van der Waals surface area contributed by atoms with Gasteiger partial charge in [-0.1, -0.05) is 12.1 Å². The summed E-state index contributed by atoms with van der Waals surface area (Å²) < 4.78 is 0.437. The van der Waals surface area contributed by atoms with E-state index < -0.39 is 11.4 Å². The normalized spacial score (nSPS) is 11.4. The molecule has 0 heterocycles. The van der Waals surface area contributed by atoms with Gasteiger partial charge in [0, 0.05) is 0 Å². The fourth-order valence-corrected chi connectivity index (χ4v) is 1.88. The van der Waals surface area contributed by atoms with Crippen LogP contribution in [0.5, 0.6) is 5.75 Å². The van der Waals surface area contributed by atoms with Crippen molar-refractivity contribution in [2.24, 2.45) is 0 Å². The second-order valence-corrected chi connectivity index (χ2v) is 4.36. The molecule has 0 saturated heterocycles. The number of benzene rings is 1. The second-order valence-electron chi connectivity index (χ2n) is 3.57. The van der Waals surface area contributed by atoms with Crippen LogP contribution in [0.15, 0.2) is 22.7 Å². The molecule has 2 N–H and O–H groups in total. The molecule has 0 unspecified atom stereocenters. The summed E-state index contributed by atoms with van der Waals surface area (Å²) in [5.41, 5.74) is -0.456. The number of phenolic OH excluding ortho intramolecular Hbond substituents is 1. The van der Waals surface area contributed by atoms with Gasteiger partial charge in [-0.2, -0.15) is 0 Å². The Morgan fingerprint density at radius 1 is 1.43 bits per heavy atom. The van der Waals surface area contributed by atoms with Gasteiger partial charge in [-0.25, -0.2) is 0 Å². The predicted octanol–water partition coefficient (Wildman–Crippen LogP) is 2.52. The minimum Gasteiger partial charge on any atom is -0.507 e. The standard InChI is InChI=1S/C10H11BrO3/c1-10(2,9(13)14)6-4-3-5-7(12)8(6)11/h3-5,12H,1-2H3,(H,13,14). The number of rotatable bonds is 2. The molecule has 0 aliphatic heterocycles. The molecule has 0 aromatic heterocycles. The summed E-state index contributed by atoms with van der Waals surface area (Å²) in [5, 5.41) is 18.4. The van der Waals surface area contributed by atoms with Gasteiger partial charge in [-0.15, -0.1) is 0 Å². The summed E-state index contributed by atoms with van der Waals surface area (Å²) in [4.78, 5) is 11.0. The number of hydrogen-bond acceptors (Lipinski definition) is 2. The van der Waals surface area contributed by atoms with Crippen LogP contribution < -0.4 is 0 Å². The molecule has 0 spiro atoms. The molecule has 1 aromatic carbocycles. The number of carbonyl (C=O) groups is 1. The van der Waals surface area contributed by atoms with Gasteiger partial charge in [-0.05, 0) is 41.4 Å². The third kappa shape index (κ3) is 1.75. The summed E-state index contributed by atoms with van der Waals surface area (Å²) in [7, 11) is 0. The third-order valence-electron chi connectivity index (χ3n) is 2.19. The van der Waals surface area contributed by atoms with Gasteiger partial charge in [0.25, 0.3) is 0 Å². The zero-order valence-electron chi connectivity index (χ0n) is 7.91. The van der Waals surface area contributed by atoms with E-state index in [4.69, 9.17) is 5.11 Å². The van der Waals surface area contributed by atoms with E-state index in [1.807, 2.05) is 0 Å². The summed E-state index contributed by atoms with van der Waals surface area (Å²) in [6.07, 6.45) is 0. The molecule has 4 heteroatoms. The number of aliphatic carboxylic acids is 1. The summed E-state index contributed by atoms with van der Waals surface area (Å²) >= 11 is 3.17. The third-order valence-corrected chi connectivity index (χ3v) is 3.02. The highest BCUT2D eigenvalue weighted by atomic mass is 79.9. The first-order valence-electron chi connectivity index (χ1n) is 4.08. The van der Waals surface area contributed by atoms with Gasteiger partial charge in [0.15, 0.2) is 0 Å². The molecule has 1 aromatic rings. The molecule has 0 amide bonds. The highest BCUT2D eigenvalue weighted by Crippen LogP contribution is 2.35. The number of phenols is 1. The Kier molecular flexibility index (Phi) is 2.85. The van der Waals surface area contributed by atoms with Crippen molar-refractivity contribution >= 4 is 21.9 Å². The number of hydrogen-bond donors (Lipinski definition) is 2. The summed E-state index contributed by atoms with van der Waals surface area (Å²) in [6.45, 7) is 3.18. The maximum Gasteiger partial charge on any atom is 0.313 e. The zero-order valence-corrected chi connectivity index (χ0v) is 9.50. The molecule has 0 saturated carbocycles. The van der Waals surface area contributed by atoms with E-state index in [-0.39, 0.29) is 5.75 Å². The molecule has 3 nitrogen and oxygen atoms in total. The molecule has 0 aliphatic rings. The van der Waals surface area contributed by atoms with Crippen molar-refractivity contribution in [1.82, 2.24) is 0 Å². The second kappa shape index (κ2) is 3.61. The van der Waals surface area contributed by atoms with Crippen molar-refractivity contribution in [3.8, 4) is 5.75 Å². The molecule has 1 rings (SSSR count). The fraction of sp³-hybridized carbons (Fsp3) is 0.300. The van der Waals surface area contributed by atoms with E-state index in [0.717, 1.165) is 0 Å². The molecule has 0 bridgehead atoms. The van der Waals surface area contributed by atoms with E-state index >= 15 is 0 Å². The number of carboxylic acid groups (broad SMARTS) is 1. The Bertz CT molecular complexity index is 372.